The molecular weight excluding hydrogens is 1000 g/mol. The summed E-state index contributed by atoms with van der Waals surface area (Å²) in [6.45, 7) is 1.47. The summed E-state index contributed by atoms with van der Waals surface area (Å²) in [5.41, 5.74) is 29.9. The number of rotatable bonds is 19. The zero-order chi connectivity index (χ0) is 55.7. The van der Waals surface area contributed by atoms with Gasteiger partial charge >= 0.3 is 5.97 Å². The number of carboxylic acids is 1. The largest absolute Gasteiger partial charge is 0.480 e. The lowest BCUT2D eigenvalue weighted by Gasteiger charge is -2.27. The van der Waals surface area contributed by atoms with Gasteiger partial charge in [0.05, 0.1) is 6.04 Å². The number of carbonyl (C=O) groups is 9. The Kier molecular flexibility index (Phi) is 25.1. The van der Waals surface area contributed by atoms with E-state index in [1.165, 1.54) is 6.92 Å². The first-order valence-corrected chi connectivity index (χ1v) is 25.8. The molecule has 0 spiro atoms. The summed E-state index contributed by atoms with van der Waals surface area (Å²) >= 11 is 6.36. The summed E-state index contributed by atoms with van der Waals surface area (Å²) in [4.78, 5) is 136. The van der Waals surface area contributed by atoms with Gasteiger partial charge in [-0.2, -0.15) is 0 Å². The molecule has 18 N–H and O–H groups in total. The molecule has 24 nitrogen and oxygen atoms in total. The predicted molar refractivity (Wildman–Crippen MR) is 286 cm³/mol. The summed E-state index contributed by atoms with van der Waals surface area (Å²) in [7, 11) is 0. The van der Waals surface area contributed by atoms with E-state index >= 15 is 0 Å². The number of aromatic amines is 1. The zero-order valence-electron chi connectivity index (χ0n) is 42.7. The molecule has 0 radical (unpaired) electrons. The fourth-order valence-electron chi connectivity index (χ4n) is 8.82. The van der Waals surface area contributed by atoms with E-state index in [0.717, 1.165) is 10.9 Å². The van der Waals surface area contributed by atoms with Crippen molar-refractivity contribution in [3.8, 4) is 0 Å². The molecule has 1 aromatic heterocycles. The van der Waals surface area contributed by atoms with Gasteiger partial charge in [0, 0.05) is 79.8 Å². The number of amides is 6. The van der Waals surface area contributed by atoms with Gasteiger partial charge in [0.1, 0.15) is 30.0 Å². The Bertz CT molecular complexity index is 2560. The number of guanidine groups is 2. The fraction of sp³-hybridized carbons (Fsp3) is 0.510. The number of halogens is 1. The van der Waals surface area contributed by atoms with Crippen LogP contribution in [-0.4, -0.2) is 131 Å². The number of Topliss-reactive ketones (excluding diaryl/α,β-unsaturated/α-hetero) is 2. The van der Waals surface area contributed by atoms with Crippen LogP contribution in [0.3, 0.4) is 0 Å². The molecule has 25 heteroatoms. The third-order valence-electron chi connectivity index (χ3n) is 12.8. The van der Waals surface area contributed by atoms with Crippen LogP contribution >= 0.6 is 11.6 Å². The number of fused-ring (bicyclic) bond motifs is 1. The number of carboxylic acid groups (broad SMARTS) is 1. The fourth-order valence-corrected chi connectivity index (χ4v) is 9.04. The van der Waals surface area contributed by atoms with E-state index in [4.69, 9.17) is 40.3 Å². The van der Waals surface area contributed by atoms with E-state index < -0.39 is 108 Å². The van der Waals surface area contributed by atoms with E-state index in [1.54, 1.807) is 30.5 Å². The van der Waals surface area contributed by atoms with E-state index in [2.05, 4.69) is 46.9 Å². The van der Waals surface area contributed by atoms with Gasteiger partial charge in [-0.25, -0.2) is 4.79 Å². The monoisotopic (exact) mass is 1080 g/mol. The predicted octanol–water partition coefficient (Wildman–Crippen LogP) is -0.178. The first-order chi connectivity index (χ1) is 36.2. The lowest BCUT2D eigenvalue weighted by molar-refractivity contribution is -0.143. The molecule has 76 heavy (non-hydrogen) atoms. The number of aromatic nitrogens is 1. The maximum absolute atomic E-state index is 14.8. The van der Waals surface area contributed by atoms with E-state index in [-0.39, 0.29) is 115 Å². The molecule has 3 aromatic rings. The lowest BCUT2D eigenvalue weighted by atomic mass is 9.83. The average Bonchev–Trinajstić information content (AvgIpc) is 3.77. The second-order valence-electron chi connectivity index (χ2n) is 18.8. The Balaban J connectivity index is 1.78. The van der Waals surface area contributed by atoms with Crippen molar-refractivity contribution in [3.05, 3.63) is 70.9 Å². The SMILES string of the molecule is CC(=O)N[C@@H](CCCN=C(N)N)C(=O)N[C@H]1CCC(=O)NCCC[C@@H](C(=O)O)NC(=O)[C@H](Cc2c[nH]c3ccccc23)CC(=O)[C@H](CCCN=C(N)N)CC(=O)[C@@H](Cc2cccc(Cl)c2)NC(=O)[C@H](CCCN)NC1=O. The van der Waals surface area contributed by atoms with Crippen LogP contribution in [0.4, 0.5) is 0 Å². The number of aliphatic imine (C=N–C) groups is 2. The first-order valence-electron chi connectivity index (χ1n) is 25.4. The Labute approximate surface area is 445 Å². The second kappa shape index (κ2) is 31.3. The number of nitrogens with two attached hydrogens (primary N) is 5. The molecule has 2 heterocycles. The van der Waals surface area contributed by atoms with Gasteiger partial charge in [0.2, 0.25) is 35.4 Å². The minimum Gasteiger partial charge on any atom is -0.480 e. The normalized spacial score (nSPS) is 21.2. The van der Waals surface area contributed by atoms with E-state index in [0.29, 0.717) is 16.1 Å². The molecule has 1 aliphatic rings. The maximum atomic E-state index is 14.8. The molecule has 6 amide bonds. The number of hydrogen-bond acceptors (Lipinski definition) is 12. The van der Waals surface area contributed by atoms with Crippen LogP contribution in [0.5, 0.6) is 0 Å². The van der Waals surface area contributed by atoms with Gasteiger partial charge in [0.15, 0.2) is 17.7 Å². The van der Waals surface area contributed by atoms with Crippen LogP contribution in [0.2, 0.25) is 5.02 Å². The van der Waals surface area contributed by atoms with E-state index in [9.17, 15) is 48.3 Å². The second-order valence-corrected chi connectivity index (χ2v) is 19.3. The minimum absolute atomic E-state index is 0.0107. The molecule has 1 saturated heterocycles. The Morgan fingerprint density at radius 2 is 1.49 bits per heavy atom. The Morgan fingerprint density at radius 1 is 0.789 bits per heavy atom. The van der Waals surface area contributed by atoms with Gasteiger partial charge in [-0.1, -0.05) is 41.9 Å². The topological polar surface area (TPSA) is 417 Å². The highest BCUT2D eigenvalue weighted by molar-refractivity contribution is 6.30. The van der Waals surface area contributed by atoms with Crippen molar-refractivity contribution >= 4 is 87.4 Å². The average molecular weight is 1080 g/mol. The van der Waals surface area contributed by atoms with Crippen molar-refractivity contribution in [2.24, 2.45) is 50.5 Å². The molecular formula is C51H73ClN14O10. The molecule has 1 aliphatic heterocycles. The summed E-state index contributed by atoms with van der Waals surface area (Å²) in [6.07, 6.45) is 0.843. The minimum atomic E-state index is -1.47. The molecule has 0 bridgehead atoms. The van der Waals surface area contributed by atoms with Crippen molar-refractivity contribution in [1.29, 1.82) is 0 Å². The number of aliphatic carboxylic acids is 1. The summed E-state index contributed by atoms with van der Waals surface area (Å²) in [5, 5.41) is 27.3. The van der Waals surface area contributed by atoms with Crippen LogP contribution < -0.4 is 60.6 Å². The molecule has 414 valence electrons. The third kappa shape index (κ3) is 21.0. The van der Waals surface area contributed by atoms with Gasteiger partial charge < -0.3 is 70.7 Å². The number of carbonyl (C=O) groups excluding carboxylic acids is 8. The van der Waals surface area contributed by atoms with Crippen LogP contribution in [-0.2, 0) is 56.0 Å². The smallest absolute Gasteiger partial charge is 0.326 e. The molecule has 7 atom stereocenters. The van der Waals surface area contributed by atoms with Crippen molar-refractivity contribution < 1.29 is 48.3 Å². The quantitative estimate of drug-likeness (QED) is 0.0421. The van der Waals surface area contributed by atoms with Crippen molar-refractivity contribution in [2.45, 2.75) is 127 Å². The summed E-state index contributed by atoms with van der Waals surface area (Å²) in [5.74, 6) is -9.32. The number of H-pyrrole nitrogens is 1. The molecule has 1 fully saturated rings. The lowest BCUT2D eigenvalue weighted by Crippen LogP contribution is -2.58. The van der Waals surface area contributed by atoms with E-state index in [1.807, 2.05) is 24.3 Å². The number of benzene rings is 2. The molecule has 2 aromatic carbocycles. The van der Waals surface area contributed by atoms with Crippen LogP contribution in [0, 0.1) is 11.8 Å². The third-order valence-corrected chi connectivity index (χ3v) is 13.0. The number of nitrogens with one attached hydrogen (secondary N) is 7. The van der Waals surface area contributed by atoms with Gasteiger partial charge in [-0.15, -0.1) is 0 Å². The van der Waals surface area contributed by atoms with Crippen molar-refractivity contribution in [2.75, 3.05) is 26.2 Å². The highest BCUT2D eigenvalue weighted by Crippen LogP contribution is 2.26. The van der Waals surface area contributed by atoms with Crippen LogP contribution in [0.15, 0.2) is 64.7 Å². The van der Waals surface area contributed by atoms with Gasteiger partial charge in [-0.3, -0.25) is 48.3 Å². The number of nitrogens with zero attached hydrogens (tertiary/aromatic N) is 2. The molecule has 0 unspecified atom stereocenters. The highest BCUT2D eigenvalue weighted by Gasteiger charge is 2.35. The summed E-state index contributed by atoms with van der Waals surface area (Å²) in [6, 6.07) is 7.16. The number of hydrogen-bond donors (Lipinski definition) is 13. The molecule has 0 saturated carbocycles. The van der Waals surface area contributed by atoms with Gasteiger partial charge in [0.25, 0.3) is 0 Å². The first kappa shape index (κ1) is 61.0. The maximum Gasteiger partial charge on any atom is 0.326 e. The Hall–Kier alpha value is -7.60. The zero-order valence-corrected chi connectivity index (χ0v) is 43.5. The Morgan fingerprint density at radius 3 is 2.17 bits per heavy atom. The number of para-hydroxylation sites is 1. The van der Waals surface area contributed by atoms with Crippen molar-refractivity contribution in [3.63, 3.8) is 0 Å². The molecule has 4 rings (SSSR count). The van der Waals surface area contributed by atoms with Gasteiger partial charge in [-0.05, 0) is 106 Å². The van der Waals surface area contributed by atoms with Crippen LogP contribution in [0.1, 0.15) is 95.1 Å². The van der Waals surface area contributed by atoms with Crippen molar-refractivity contribution in [1.82, 2.24) is 36.9 Å². The highest BCUT2D eigenvalue weighted by atomic mass is 35.5. The van der Waals surface area contributed by atoms with Crippen LogP contribution in [0.25, 0.3) is 10.9 Å². The standard InChI is InChI=1S/C51H73ClN14O10/c1-29(67)62-37(15-7-22-60-51(56)57)46(72)64-39-17-18-44(70)58-20-8-16-40(49(75)76)65-45(71)32(25-33-28-61-36-13-3-2-12-35(33)36)27-42(68)31(10-6-21-59-50(54)55)26-43(69)41(24-30-9-4-11-34(52)23-30)66-47(73)38(14-5-19-53)63-48(39)74/h2-4,9,11-13,23,28,31-32,37-41,61H,5-8,10,14-22,24-27,53H2,1H3,(H,58,70)(H,62,67)(H,63,74)(H,64,72)(H,65,71)(H,66,73)(H,75,76)(H4,54,55,59)(H4,56,57,60)/t31-,32-,37+,38+,39+,40+,41-/m1/s1. The summed E-state index contributed by atoms with van der Waals surface area (Å²) < 4.78 is 0. The number of ketones is 2. The molecule has 0 aliphatic carbocycles.